The summed E-state index contributed by atoms with van der Waals surface area (Å²) in [6.07, 6.45) is 4.11. The number of allylic oxidation sites excluding steroid dienone is 1. The van der Waals surface area contributed by atoms with Crippen LogP contribution >= 0.6 is 22.9 Å². The highest BCUT2D eigenvalue weighted by atomic mass is 35.5. The van der Waals surface area contributed by atoms with Gasteiger partial charge in [0.2, 0.25) is 5.28 Å². The van der Waals surface area contributed by atoms with E-state index in [0.717, 1.165) is 27.7 Å². The van der Waals surface area contributed by atoms with Crippen LogP contribution in [0.1, 0.15) is 31.9 Å². The summed E-state index contributed by atoms with van der Waals surface area (Å²) in [5.41, 5.74) is 5.08. The molecule has 5 rings (SSSR count). The Kier molecular flexibility index (Phi) is 5.85. The van der Waals surface area contributed by atoms with Crippen LogP contribution in [0.4, 0.5) is 0 Å². The molecule has 0 amide bonds. The molecule has 0 saturated carbocycles. The molecule has 0 unspecified atom stereocenters. The van der Waals surface area contributed by atoms with E-state index < -0.39 is 0 Å². The zero-order valence-electron chi connectivity index (χ0n) is 17.5. The van der Waals surface area contributed by atoms with Crippen LogP contribution < -0.4 is 0 Å². The van der Waals surface area contributed by atoms with Crippen molar-refractivity contribution in [2.75, 3.05) is 0 Å². The summed E-state index contributed by atoms with van der Waals surface area (Å²) >= 11 is 8.16. The second-order valence-electron chi connectivity index (χ2n) is 6.84. The maximum Gasteiger partial charge on any atom is 0.223 e. The quantitative estimate of drug-likeness (QED) is 0.262. The Morgan fingerprint density at radius 2 is 1.63 bits per heavy atom. The summed E-state index contributed by atoms with van der Waals surface area (Å²) in [6, 6.07) is 19.3. The largest absolute Gasteiger partial charge is 0.223 e. The third kappa shape index (κ3) is 3.49. The van der Waals surface area contributed by atoms with Crippen LogP contribution in [0, 0.1) is 6.92 Å². The predicted molar refractivity (Wildman–Crippen MR) is 134 cm³/mol. The number of rotatable bonds is 2. The molecule has 2 aromatic heterocycles. The molecular formula is C26H23ClN2S. The van der Waals surface area contributed by atoms with Gasteiger partial charge in [0.15, 0.2) is 0 Å². The molecular weight excluding hydrogens is 408 g/mol. The van der Waals surface area contributed by atoms with Gasteiger partial charge in [-0.3, -0.25) is 0 Å². The van der Waals surface area contributed by atoms with E-state index in [1.807, 2.05) is 38.2 Å². The molecule has 150 valence electrons. The summed E-state index contributed by atoms with van der Waals surface area (Å²) in [5.74, 6) is 0. The lowest BCUT2D eigenvalue weighted by atomic mass is 9.99. The summed E-state index contributed by atoms with van der Waals surface area (Å²) in [6.45, 7) is 8.10. The van der Waals surface area contributed by atoms with Crippen molar-refractivity contribution in [1.29, 1.82) is 0 Å². The van der Waals surface area contributed by atoms with Crippen molar-refractivity contribution in [2.45, 2.75) is 27.7 Å². The van der Waals surface area contributed by atoms with Crippen LogP contribution in [0.2, 0.25) is 5.28 Å². The van der Waals surface area contributed by atoms with E-state index >= 15 is 0 Å². The van der Waals surface area contributed by atoms with E-state index in [2.05, 4.69) is 77.6 Å². The van der Waals surface area contributed by atoms with Crippen molar-refractivity contribution in [1.82, 2.24) is 9.97 Å². The summed E-state index contributed by atoms with van der Waals surface area (Å²) in [5, 5.41) is 3.82. The molecule has 4 heteroatoms. The molecule has 0 N–H and O–H groups in total. The lowest BCUT2D eigenvalue weighted by molar-refractivity contribution is 1.22. The highest BCUT2D eigenvalue weighted by molar-refractivity contribution is 7.25. The predicted octanol–water partition coefficient (Wildman–Crippen LogP) is 8.69. The van der Waals surface area contributed by atoms with Gasteiger partial charge in [-0.15, -0.1) is 11.3 Å². The van der Waals surface area contributed by atoms with Gasteiger partial charge in [-0.2, -0.15) is 0 Å². The third-order valence-electron chi connectivity index (χ3n) is 5.08. The van der Waals surface area contributed by atoms with Crippen LogP contribution in [-0.4, -0.2) is 9.97 Å². The molecule has 30 heavy (non-hydrogen) atoms. The van der Waals surface area contributed by atoms with E-state index in [1.54, 1.807) is 0 Å². The summed E-state index contributed by atoms with van der Waals surface area (Å²) in [4.78, 5) is 9.16. The number of benzene rings is 3. The molecule has 0 saturated heterocycles. The normalized spacial score (nSPS) is 11.4. The molecule has 2 heterocycles. The van der Waals surface area contributed by atoms with Crippen molar-refractivity contribution in [2.24, 2.45) is 0 Å². The first-order valence-corrected chi connectivity index (χ1v) is 11.4. The smallest absolute Gasteiger partial charge is 0.217 e. The monoisotopic (exact) mass is 430 g/mol. The Morgan fingerprint density at radius 3 is 2.43 bits per heavy atom. The van der Waals surface area contributed by atoms with Crippen molar-refractivity contribution in [3.05, 3.63) is 77.1 Å². The van der Waals surface area contributed by atoms with Gasteiger partial charge in [-0.05, 0) is 49.2 Å². The lowest BCUT2D eigenvalue weighted by Crippen LogP contribution is -1.95. The minimum Gasteiger partial charge on any atom is -0.217 e. The molecule has 3 aromatic carbocycles. The zero-order chi connectivity index (χ0) is 21.3. The Balaban J connectivity index is 0.00000106. The number of fused-ring (bicyclic) bond motifs is 4. The molecule has 0 bridgehead atoms. The van der Waals surface area contributed by atoms with Gasteiger partial charge < -0.3 is 0 Å². The van der Waals surface area contributed by atoms with Gasteiger partial charge >= 0.3 is 0 Å². The molecule has 5 aromatic rings. The van der Waals surface area contributed by atoms with Gasteiger partial charge in [-0.1, -0.05) is 62.4 Å². The first-order chi connectivity index (χ1) is 14.7. The highest BCUT2D eigenvalue weighted by Gasteiger charge is 2.14. The fraction of sp³-hybridized carbons (Fsp3) is 0.154. The Labute approximate surface area is 185 Å². The first kappa shape index (κ1) is 20.5. The van der Waals surface area contributed by atoms with Gasteiger partial charge in [0.05, 0.1) is 11.2 Å². The molecule has 2 nitrogen and oxygen atoms in total. The number of thiophene rings is 1. The second kappa shape index (κ2) is 8.55. The minimum absolute atomic E-state index is 0.272. The Hall–Kier alpha value is -2.75. The average Bonchev–Trinajstić information content (AvgIpc) is 3.14. The van der Waals surface area contributed by atoms with E-state index in [1.165, 1.54) is 25.7 Å². The third-order valence-corrected chi connectivity index (χ3v) is 6.40. The van der Waals surface area contributed by atoms with Crippen LogP contribution in [0.15, 0.2) is 60.7 Å². The molecule has 0 aliphatic carbocycles. The maximum atomic E-state index is 6.35. The van der Waals surface area contributed by atoms with Gasteiger partial charge in [0.25, 0.3) is 0 Å². The number of aromatic nitrogens is 2. The van der Waals surface area contributed by atoms with Crippen LogP contribution in [0.25, 0.3) is 48.4 Å². The van der Waals surface area contributed by atoms with Crippen molar-refractivity contribution in [3.63, 3.8) is 0 Å². The maximum absolute atomic E-state index is 6.35. The SMILES string of the molecule is C/C=C\c1c(C)ccc2c(-c3ccc4sc5ccccc5c4c3)nc(Cl)nc12.CC. The van der Waals surface area contributed by atoms with E-state index in [-0.39, 0.29) is 5.28 Å². The Morgan fingerprint density at radius 1 is 0.867 bits per heavy atom. The van der Waals surface area contributed by atoms with Crippen molar-refractivity contribution >= 4 is 60.1 Å². The summed E-state index contributed by atoms with van der Waals surface area (Å²) < 4.78 is 2.58. The van der Waals surface area contributed by atoms with Crippen LogP contribution in [-0.2, 0) is 0 Å². The van der Waals surface area contributed by atoms with E-state index in [9.17, 15) is 0 Å². The fourth-order valence-corrected chi connectivity index (χ4v) is 5.02. The van der Waals surface area contributed by atoms with Crippen LogP contribution in [0.3, 0.4) is 0 Å². The second-order valence-corrected chi connectivity index (χ2v) is 8.26. The number of hydrogen-bond donors (Lipinski definition) is 0. The van der Waals surface area contributed by atoms with Crippen LogP contribution in [0.5, 0.6) is 0 Å². The molecule has 0 atom stereocenters. The number of halogens is 1. The molecule has 0 spiro atoms. The topological polar surface area (TPSA) is 25.8 Å². The zero-order valence-corrected chi connectivity index (χ0v) is 19.1. The lowest BCUT2D eigenvalue weighted by Gasteiger charge is -2.11. The van der Waals surface area contributed by atoms with Gasteiger partial charge in [-0.25, -0.2) is 9.97 Å². The number of nitrogens with zero attached hydrogens (tertiary/aromatic N) is 2. The van der Waals surface area contributed by atoms with Crippen molar-refractivity contribution < 1.29 is 0 Å². The van der Waals surface area contributed by atoms with Crippen molar-refractivity contribution in [3.8, 4) is 11.3 Å². The van der Waals surface area contributed by atoms with Gasteiger partial charge in [0.1, 0.15) is 0 Å². The molecule has 0 aliphatic rings. The standard InChI is InChI=1S/C24H17ClN2S.C2H6/c1-3-6-16-14(2)9-11-18-22(26-24(25)27-23(16)18)15-10-12-21-19(13-15)17-7-4-5-8-20(17)28-21;1-2/h3-13H,1-2H3;1-2H3/b6-3-;. The molecule has 0 fully saturated rings. The molecule has 0 aliphatic heterocycles. The number of aryl methyl sites for hydroxylation is 1. The first-order valence-electron chi connectivity index (χ1n) is 10.2. The van der Waals surface area contributed by atoms with E-state index in [0.29, 0.717) is 0 Å². The van der Waals surface area contributed by atoms with E-state index in [4.69, 9.17) is 11.6 Å². The summed E-state index contributed by atoms with van der Waals surface area (Å²) in [7, 11) is 0. The average molecular weight is 431 g/mol. The van der Waals surface area contributed by atoms with Gasteiger partial charge in [0, 0.05) is 36.7 Å². The fourth-order valence-electron chi connectivity index (χ4n) is 3.76. The Bertz CT molecular complexity index is 1400. The minimum atomic E-state index is 0.272. The number of hydrogen-bond acceptors (Lipinski definition) is 3. The highest BCUT2D eigenvalue weighted by Crippen LogP contribution is 2.38. The molecule has 0 radical (unpaired) electrons.